The topological polar surface area (TPSA) is 225 Å². The van der Waals surface area contributed by atoms with E-state index in [-0.39, 0.29) is 39.3 Å². The van der Waals surface area contributed by atoms with Crippen LogP contribution in [0.5, 0.6) is 0 Å². The van der Waals surface area contributed by atoms with Crippen LogP contribution in [-0.4, -0.2) is 72.1 Å². The van der Waals surface area contributed by atoms with Gasteiger partial charge < -0.3 is 51.0 Å². The molecule has 0 radical (unpaired) electrons. The van der Waals surface area contributed by atoms with Crippen LogP contribution >= 0.6 is 0 Å². The predicted octanol–water partition coefficient (Wildman–Crippen LogP) is -5.64. The zero-order chi connectivity index (χ0) is 20.0. The maximum absolute atomic E-state index is 11.3. The predicted molar refractivity (Wildman–Crippen MR) is 75.9 cm³/mol. The Morgan fingerprint density at radius 3 is 1.65 bits per heavy atom. The van der Waals surface area contributed by atoms with E-state index in [1.165, 1.54) is 6.92 Å². The van der Waals surface area contributed by atoms with Crippen molar-refractivity contribution >= 4 is 23.9 Å². The minimum Gasteiger partial charge on any atom is -0.550 e. The SMILES string of the molecule is CC(COC(=O)C(N)CC(=O)[O-])OC(=O)C(N)CC(=O)[O-].OCCO.[Zn+2]. The summed E-state index contributed by atoms with van der Waals surface area (Å²) in [7, 11) is 0. The number of esters is 2. The van der Waals surface area contributed by atoms with Crippen LogP contribution in [0.2, 0.25) is 0 Å². The molecule has 0 aromatic rings. The van der Waals surface area contributed by atoms with Gasteiger partial charge in [-0.25, -0.2) is 0 Å². The van der Waals surface area contributed by atoms with E-state index in [2.05, 4.69) is 4.74 Å². The van der Waals surface area contributed by atoms with Crippen LogP contribution in [0.1, 0.15) is 19.8 Å². The third kappa shape index (κ3) is 17.2. The number of carboxylic acid groups (broad SMARTS) is 2. The number of carbonyl (C=O) groups excluding carboxylic acids is 4. The molecule has 0 rings (SSSR count). The number of ether oxygens (including phenoxy) is 2. The third-order valence-electron chi connectivity index (χ3n) is 2.26. The maximum atomic E-state index is 11.3. The molecule has 0 aromatic heterocycles. The fourth-order valence-electron chi connectivity index (χ4n) is 1.15. The van der Waals surface area contributed by atoms with Crippen LogP contribution in [-0.2, 0) is 48.1 Å². The molecule has 3 atom stereocenters. The standard InChI is InChI=1S/C11H18N2O8.C2H6O2.Zn/c1-5(21-11(19)7(13)3-9(16)17)4-20-10(18)6(12)2-8(14)15;3-1-2-4;/h5-7H,2-4,12-13H2,1H3,(H,14,15)(H,16,17);3-4H,1-2H2;/q;;+2/p-2. The first-order chi connectivity index (χ1) is 11.5. The minimum absolute atomic E-state index is 0. The summed E-state index contributed by atoms with van der Waals surface area (Å²) in [5, 5.41) is 35.7. The van der Waals surface area contributed by atoms with Crippen molar-refractivity contribution in [3.63, 3.8) is 0 Å². The van der Waals surface area contributed by atoms with Crippen molar-refractivity contribution in [1.82, 2.24) is 0 Å². The molecule has 12 nitrogen and oxygen atoms in total. The summed E-state index contributed by atoms with van der Waals surface area (Å²) in [4.78, 5) is 43.1. The molecule has 13 heteroatoms. The number of aliphatic carboxylic acids is 2. The number of aliphatic hydroxyl groups excluding tert-OH is 2. The molecule has 0 bridgehead atoms. The molecule has 0 aliphatic carbocycles. The van der Waals surface area contributed by atoms with Gasteiger partial charge in [0.05, 0.1) is 13.2 Å². The molecule has 0 aromatic carbocycles. The molecule has 0 saturated heterocycles. The van der Waals surface area contributed by atoms with Crippen LogP contribution < -0.4 is 21.7 Å². The fraction of sp³-hybridized carbons (Fsp3) is 0.692. The summed E-state index contributed by atoms with van der Waals surface area (Å²) in [6.45, 7) is 0.727. The molecule has 0 aliphatic rings. The number of carboxylic acids is 2. The van der Waals surface area contributed by atoms with E-state index in [0.29, 0.717) is 0 Å². The van der Waals surface area contributed by atoms with E-state index in [1.807, 2.05) is 0 Å². The Balaban J connectivity index is -0.000000951. The van der Waals surface area contributed by atoms with Crippen molar-refractivity contribution in [2.75, 3.05) is 19.8 Å². The Bertz CT molecular complexity index is 447. The van der Waals surface area contributed by atoms with Gasteiger partial charge >= 0.3 is 31.4 Å². The summed E-state index contributed by atoms with van der Waals surface area (Å²) in [6, 6.07) is -2.79. The minimum atomic E-state index is -1.51. The molecule has 146 valence electrons. The van der Waals surface area contributed by atoms with Gasteiger partial charge in [-0.2, -0.15) is 0 Å². The number of rotatable bonds is 10. The Hall–Kier alpha value is -1.66. The van der Waals surface area contributed by atoms with Crippen molar-refractivity contribution in [2.24, 2.45) is 11.5 Å². The van der Waals surface area contributed by atoms with Gasteiger partial charge in [-0.3, -0.25) is 9.59 Å². The van der Waals surface area contributed by atoms with Crippen molar-refractivity contribution < 1.29 is 68.6 Å². The maximum Gasteiger partial charge on any atom is 2.00 e. The average Bonchev–Trinajstić information content (AvgIpc) is 2.51. The summed E-state index contributed by atoms with van der Waals surface area (Å²) < 4.78 is 9.35. The summed E-state index contributed by atoms with van der Waals surface area (Å²) >= 11 is 0. The zero-order valence-corrected chi connectivity index (χ0v) is 17.3. The van der Waals surface area contributed by atoms with Crippen molar-refractivity contribution in [2.45, 2.75) is 38.0 Å². The summed E-state index contributed by atoms with van der Waals surface area (Å²) in [5.74, 6) is -5.01. The molecule has 6 N–H and O–H groups in total. The molecule has 26 heavy (non-hydrogen) atoms. The second kappa shape index (κ2) is 16.8. The molecular weight excluding hydrogens is 410 g/mol. The van der Waals surface area contributed by atoms with Gasteiger partial charge in [0.15, 0.2) is 0 Å². The quantitative estimate of drug-likeness (QED) is 0.187. The first-order valence-corrected chi connectivity index (χ1v) is 7.04. The van der Waals surface area contributed by atoms with Gasteiger partial charge in [0.2, 0.25) is 0 Å². The van der Waals surface area contributed by atoms with Gasteiger partial charge in [-0.15, -0.1) is 0 Å². The average molecular weight is 432 g/mol. The normalized spacial score (nSPS) is 13.0. The number of hydrogen-bond acceptors (Lipinski definition) is 12. The molecule has 0 amide bonds. The fourth-order valence-corrected chi connectivity index (χ4v) is 1.15. The van der Waals surface area contributed by atoms with E-state index in [1.54, 1.807) is 0 Å². The third-order valence-corrected chi connectivity index (χ3v) is 2.26. The van der Waals surface area contributed by atoms with Crippen molar-refractivity contribution in [3.05, 3.63) is 0 Å². The van der Waals surface area contributed by atoms with Crippen LogP contribution in [0.3, 0.4) is 0 Å². The number of nitrogens with two attached hydrogens (primary N) is 2. The van der Waals surface area contributed by atoms with Gasteiger partial charge in [0.1, 0.15) is 24.8 Å². The molecule has 0 saturated carbocycles. The first kappa shape index (κ1) is 29.1. The van der Waals surface area contributed by atoms with E-state index in [4.69, 9.17) is 26.4 Å². The first-order valence-electron chi connectivity index (χ1n) is 7.04. The van der Waals surface area contributed by atoms with Crippen molar-refractivity contribution in [3.8, 4) is 0 Å². The summed E-state index contributed by atoms with van der Waals surface area (Å²) in [6.07, 6.45) is -2.32. The Labute approximate surface area is 162 Å². The van der Waals surface area contributed by atoms with Gasteiger partial charge in [-0.1, -0.05) is 0 Å². The Kier molecular flexibility index (Phi) is 18.8. The van der Waals surface area contributed by atoms with Crippen LogP contribution in [0.15, 0.2) is 0 Å². The Morgan fingerprint density at radius 2 is 1.31 bits per heavy atom. The molecule has 0 spiro atoms. The second-order valence-electron chi connectivity index (χ2n) is 4.69. The monoisotopic (exact) mass is 430 g/mol. The van der Waals surface area contributed by atoms with E-state index >= 15 is 0 Å². The van der Waals surface area contributed by atoms with Crippen molar-refractivity contribution in [1.29, 1.82) is 0 Å². The largest absolute Gasteiger partial charge is 2.00 e. The molecule has 0 fully saturated rings. The zero-order valence-electron chi connectivity index (χ0n) is 14.3. The molecule has 3 unspecified atom stereocenters. The van der Waals surface area contributed by atoms with Crippen LogP contribution in [0.4, 0.5) is 0 Å². The molecular formula is C13H22N2O10Zn. The molecule has 0 heterocycles. The second-order valence-corrected chi connectivity index (χ2v) is 4.69. The van der Waals surface area contributed by atoms with Gasteiger partial charge in [0, 0.05) is 24.8 Å². The molecule has 0 aliphatic heterocycles. The van der Waals surface area contributed by atoms with Gasteiger partial charge in [0.25, 0.3) is 0 Å². The van der Waals surface area contributed by atoms with Crippen LogP contribution in [0.25, 0.3) is 0 Å². The van der Waals surface area contributed by atoms with Crippen LogP contribution in [0, 0.1) is 0 Å². The number of carbonyl (C=O) groups is 4. The van der Waals surface area contributed by atoms with Gasteiger partial charge in [-0.05, 0) is 6.92 Å². The Morgan fingerprint density at radius 1 is 0.923 bits per heavy atom. The number of aliphatic hydroxyl groups is 2. The van der Waals surface area contributed by atoms with E-state index < -0.39 is 54.9 Å². The summed E-state index contributed by atoms with van der Waals surface area (Å²) in [5.41, 5.74) is 10.4. The number of hydrogen-bond donors (Lipinski definition) is 4. The van der Waals surface area contributed by atoms with E-state index in [9.17, 15) is 29.4 Å². The smallest absolute Gasteiger partial charge is 0.550 e. The van der Waals surface area contributed by atoms with E-state index in [0.717, 1.165) is 0 Å².